The minimum absolute atomic E-state index is 0.285. The molecule has 0 spiro atoms. The fourth-order valence-electron chi connectivity index (χ4n) is 3.29. The van der Waals surface area contributed by atoms with Gasteiger partial charge in [-0.05, 0) is 59.7 Å². The highest BCUT2D eigenvalue weighted by molar-refractivity contribution is 9.10. The molecule has 9 heteroatoms. The molecule has 1 N–H and O–H groups in total. The van der Waals surface area contributed by atoms with Crippen LogP contribution in [0, 0.1) is 0 Å². The smallest absolute Gasteiger partial charge is 0.338 e. The molecule has 0 aliphatic carbocycles. The van der Waals surface area contributed by atoms with E-state index in [9.17, 15) is 4.79 Å². The van der Waals surface area contributed by atoms with Crippen LogP contribution in [0.5, 0.6) is 5.75 Å². The minimum atomic E-state index is -0.490. The highest BCUT2D eigenvalue weighted by atomic mass is 79.9. The van der Waals surface area contributed by atoms with E-state index in [0.29, 0.717) is 23.8 Å². The van der Waals surface area contributed by atoms with E-state index >= 15 is 0 Å². The molecule has 4 rings (SSSR count). The predicted molar refractivity (Wildman–Crippen MR) is 114 cm³/mol. The third kappa shape index (κ3) is 4.06. The predicted octanol–water partition coefficient (Wildman–Crippen LogP) is 3.87. The number of ether oxygens (including phenoxy) is 2. The van der Waals surface area contributed by atoms with Gasteiger partial charge in [-0.15, -0.1) is 0 Å². The molecule has 154 valence electrons. The van der Waals surface area contributed by atoms with Crippen molar-refractivity contribution in [3.8, 4) is 5.75 Å². The molecule has 0 radical (unpaired) electrons. The lowest BCUT2D eigenvalue weighted by molar-refractivity contribution is -0.139. The Bertz CT molecular complexity index is 1080. The standard InChI is InChI=1S/C21H20BrN5O3/c1-3-29-20(28)18-13(2)23-21-24-25-26-27(21)19(18)15-6-10-17(11-7-15)30-12-14-4-8-16(22)9-5-14/h4-11,19H,3,12H2,1-2H3,(H,23,24,26). The van der Waals surface area contributed by atoms with Crippen molar-refractivity contribution in [2.24, 2.45) is 0 Å². The number of hydrogen-bond acceptors (Lipinski definition) is 7. The summed E-state index contributed by atoms with van der Waals surface area (Å²) in [5.41, 5.74) is 3.06. The average molecular weight is 470 g/mol. The Morgan fingerprint density at radius 1 is 1.17 bits per heavy atom. The Kier molecular flexibility index (Phi) is 5.80. The van der Waals surface area contributed by atoms with Crippen molar-refractivity contribution >= 4 is 27.8 Å². The van der Waals surface area contributed by atoms with E-state index in [4.69, 9.17) is 9.47 Å². The number of benzene rings is 2. The van der Waals surface area contributed by atoms with E-state index in [-0.39, 0.29) is 6.61 Å². The fourth-order valence-corrected chi connectivity index (χ4v) is 3.55. The highest BCUT2D eigenvalue weighted by Crippen LogP contribution is 2.35. The van der Waals surface area contributed by atoms with Crippen LogP contribution in [0.1, 0.15) is 31.0 Å². The molecule has 8 nitrogen and oxygen atoms in total. The quantitative estimate of drug-likeness (QED) is 0.547. The van der Waals surface area contributed by atoms with E-state index in [1.165, 1.54) is 0 Å². The van der Waals surface area contributed by atoms with Crippen LogP contribution in [0.4, 0.5) is 5.95 Å². The summed E-state index contributed by atoms with van der Waals surface area (Å²) in [7, 11) is 0. The molecular weight excluding hydrogens is 450 g/mol. The van der Waals surface area contributed by atoms with Gasteiger partial charge in [0.2, 0.25) is 5.95 Å². The van der Waals surface area contributed by atoms with Crippen LogP contribution in [0.3, 0.4) is 0 Å². The van der Waals surface area contributed by atoms with Gasteiger partial charge in [0.15, 0.2) is 0 Å². The maximum Gasteiger partial charge on any atom is 0.338 e. The largest absolute Gasteiger partial charge is 0.489 e. The third-order valence-electron chi connectivity index (χ3n) is 4.72. The number of esters is 1. The number of aromatic nitrogens is 4. The number of halogens is 1. The van der Waals surface area contributed by atoms with E-state index in [0.717, 1.165) is 21.3 Å². The maximum absolute atomic E-state index is 12.6. The molecule has 2 aromatic carbocycles. The van der Waals surface area contributed by atoms with Crippen molar-refractivity contribution < 1.29 is 14.3 Å². The summed E-state index contributed by atoms with van der Waals surface area (Å²) in [4.78, 5) is 12.6. The van der Waals surface area contributed by atoms with Crippen molar-refractivity contribution in [1.82, 2.24) is 20.2 Å². The summed E-state index contributed by atoms with van der Waals surface area (Å²) in [6, 6.07) is 15.0. The summed E-state index contributed by atoms with van der Waals surface area (Å²) in [5.74, 6) is 0.802. The first-order chi connectivity index (χ1) is 14.6. The van der Waals surface area contributed by atoms with Gasteiger partial charge in [0.05, 0.1) is 12.2 Å². The molecule has 1 aliphatic heterocycles. The lowest BCUT2D eigenvalue weighted by Crippen LogP contribution is -2.29. The monoisotopic (exact) mass is 469 g/mol. The summed E-state index contributed by atoms with van der Waals surface area (Å²) in [5, 5.41) is 14.8. The fraction of sp³-hybridized carbons (Fsp3) is 0.238. The molecule has 0 bridgehead atoms. The van der Waals surface area contributed by atoms with Gasteiger partial charge in [-0.1, -0.05) is 45.3 Å². The van der Waals surface area contributed by atoms with E-state index in [2.05, 4.69) is 36.8 Å². The second kappa shape index (κ2) is 8.66. The van der Waals surface area contributed by atoms with Gasteiger partial charge in [-0.3, -0.25) is 0 Å². The number of allylic oxidation sites excluding steroid dienone is 1. The first-order valence-electron chi connectivity index (χ1n) is 9.46. The number of anilines is 1. The number of nitrogens with one attached hydrogen (secondary N) is 1. The number of hydrogen-bond donors (Lipinski definition) is 1. The van der Waals surface area contributed by atoms with Gasteiger partial charge in [-0.25, -0.2) is 4.79 Å². The molecule has 0 amide bonds. The molecule has 30 heavy (non-hydrogen) atoms. The molecule has 3 aromatic rings. The lowest BCUT2D eigenvalue weighted by atomic mass is 9.96. The minimum Gasteiger partial charge on any atom is -0.489 e. The lowest BCUT2D eigenvalue weighted by Gasteiger charge is -2.27. The summed E-state index contributed by atoms with van der Waals surface area (Å²) in [6.07, 6.45) is 0. The molecule has 1 aliphatic rings. The van der Waals surface area contributed by atoms with Gasteiger partial charge >= 0.3 is 5.97 Å². The van der Waals surface area contributed by atoms with Crippen molar-refractivity contribution in [3.63, 3.8) is 0 Å². The second-order valence-electron chi connectivity index (χ2n) is 6.72. The molecule has 0 saturated heterocycles. The molecule has 1 unspecified atom stereocenters. The van der Waals surface area contributed by atoms with E-state index in [1.807, 2.05) is 55.5 Å². The van der Waals surface area contributed by atoms with Crippen LogP contribution in [0.2, 0.25) is 0 Å². The first kappa shape index (κ1) is 20.1. The zero-order valence-electron chi connectivity index (χ0n) is 16.5. The summed E-state index contributed by atoms with van der Waals surface area (Å²) in [6.45, 7) is 4.34. The van der Waals surface area contributed by atoms with Gasteiger partial charge in [0.1, 0.15) is 18.4 Å². The van der Waals surface area contributed by atoms with E-state index < -0.39 is 12.0 Å². The maximum atomic E-state index is 12.6. The molecular formula is C21H20BrN5O3. The average Bonchev–Trinajstić information content (AvgIpc) is 3.21. The Labute approximate surface area is 182 Å². The first-order valence-corrected chi connectivity index (χ1v) is 10.3. The van der Waals surface area contributed by atoms with Crippen LogP contribution in [0.25, 0.3) is 0 Å². The summed E-state index contributed by atoms with van der Waals surface area (Å²) < 4.78 is 13.8. The SMILES string of the molecule is CCOC(=O)C1=C(C)Nc2nnnn2C1c1ccc(OCc2ccc(Br)cc2)cc1. The summed E-state index contributed by atoms with van der Waals surface area (Å²) >= 11 is 3.43. The van der Waals surface area contributed by atoms with Gasteiger partial charge in [0, 0.05) is 10.2 Å². The van der Waals surface area contributed by atoms with Crippen molar-refractivity contribution in [2.75, 3.05) is 11.9 Å². The third-order valence-corrected chi connectivity index (χ3v) is 5.25. The van der Waals surface area contributed by atoms with E-state index in [1.54, 1.807) is 11.6 Å². The number of fused-ring (bicyclic) bond motifs is 1. The number of rotatable bonds is 6. The second-order valence-corrected chi connectivity index (χ2v) is 7.63. The Balaban J connectivity index is 1.58. The highest BCUT2D eigenvalue weighted by Gasteiger charge is 2.34. The van der Waals surface area contributed by atoms with Crippen LogP contribution < -0.4 is 10.1 Å². The van der Waals surface area contributed by atoms with Crippen molar-refractivity contribution in [3.05, 3.63) is 75.4 Å². The number of carbonyl (C=O) groups excluding carboxylic acids is 1. The Morgan fingerprint density at radius 2 is 1.90 bits per heavy atom. The zero-order valence-corrected chi connectivity index (χ0v) is 18.1. The van der Waals surface area contributed by atoms with Crippen molar-refractivity contribution in [1.29, 1.82) is 0 Å². The van der Waals surface area contributed by atoms with Crippen molar-refractivity contribution in [2.45, 2.75) is 26.5 Å². The molecule has 1 atom stereocenters. The normalized spacial score (nSPS) is 15.4. The van der Waals surface area contributed by atoms with Gasteiger partial charge in [-0.2, -0.15) is 4.68 Å². The number of carbonyl (C=O) groups is 1. The number of tetrazole rings is 1. The molecule has 0 saturated carbocycles. The Morgan fingerprint density at radius 3 is 2.60 bits per heavy atom. The number of nitrogens with zero attached hydrogens (tertiary/aromatic N) is 4. The van der Waals surface area contributed by atoms with Crippen LogP contribution in [0.15, 0.2) is 64.3 Å². The molecule has 1 aromatic heterocycles. The molecule has 0 fully saturated rings. The van der Waals surface area contributed by atoms with Crippen LogP contribution in [-0.2, 0) is 16.1 Å². The zero-order chi connectivity index (χ0) is 21.1. The molecule has 2 heterocycles. The van der Waals surface area contributed by atoms with Gasteiger partial charge < -0.3 is 14.8 Å². The Hall–Kier alpha value is -3.20. The topological polar surface area (TPSA) is 91.2 Å². The van der Waals surface area contributed by atoms with Crippen LogP contribution >= 0.6 is 15.9 Å². The van der Waals surface area contributed by atoms with Gasteiger partial charge in [0.25, 0.3) is 0 Å². The van der Waals surface area contributed by atoms with Crippen LogP contribution in [-0.4, -0.2) is 32.8 Å².